The number of β-amino-alcohol motifs (C(OH)–C–C–N with tert-alkyl or cyclic N) is 1. The van der Waals surface area contributed by atoms with Gasteiger partial charge in [0, 0.05) is 13.0 Å². The fourth-order valence-electron chi connectivity index (χ4n) is 1.85. The van der Waals surface area contributed by atoms with E-state index in [9.17, 15) is 18.3 Å². The van der Waals surface area contributed by atoms with Crippen molar-refractivity contribution in [2.24, 2.45) is 0 Å². The lowest BCUT2D eigenvalue weighted by Gasteiger charge is -2.20. The largest absolute Gasteiger partial charge is 0.480 e. The molecule has 6 nitrogen and oxygen atoms in total. The van der Waals surface area contributed by atoms with Gasteiger partial charge in [0.1, 0.15) is 6.04 Å². The number of aliphatic hydroxyl groups excluding tert-OH is 1. The molecule has 0 aromatic carbocycles. The van der Waals surface area contributed by atoms with E-state index in [4.69, 9.17) is 5.11 Å². The van der Waals surface area contributed by atoms with Crippen molar-refractivity contribution in [1.29, 1.82) is 0 Å². The number of nitrogens with zero attached hydrogens (tertiary/aromatic N) is 1. The minimum absolute atomic E-state index is 0.0126. The van der Waals surface area contributed by atoms with Gasteiger partial charge in [-0.1, -0.05) is 0 Å². The van der Waals surface area contributed by atoms with Crippen LogP contribution in [0.15, 0.2) is 0 Å². The summed E-state index contributed by atoms with van der Waals surface area (Å²) in [7, 11) is -3.50. The molecule has 1 unspecified atom stereocenters. The molecule has 2 N–H and O–H groups in total. The van der Waals surface area contributed by atoms with Gasteiger partial charge in [0.25, 0.3) is 0 Å². The monoisotopic (exact) mass is 235 g/mol. The second-order valence-corrected chi connectivity index (χ2v) is 6.22. The standard InChI is InChI=1S/C8H13NO5S/c10-5-3-7(8(11)12)9(4-5)15(13,14)6-1-2-6/h5-7,10H,1-4H2,(H,11,12)/t5?,7-/m0/s1. The molecule has 0 spiro atoms. The van der Waals surface area contributed by atoms with Gasteiger partial charge < -0.3 is 10.2 Å². The lowest BCUT2D eigenvalue weighted by Crippen LogP contribution is -2.42. The first-order valence-electron chi connectivity index (χ1n) is 4.84. The van der Waals surface area contributed by atoms with Gasteiger partial charge in [-0.05, 0) is 12.8 Å². The molecule has 7 heteroatoms. The minimum Gasteiger partial charge on any atom is -0.480 e. The van der Waals surface area contributed by atoms with Crippen LogP contribution in [0.2, 0.25) is 0 Å². The zero-order valence-corrected chi connectivity index (χ0v) is 8.85. The Morgan fingerprint density at radius 3 is 2.40 bits per heavy atom. The third-order valence-electron chi connectivity index (χ3n) is 2.79. The van der Waals surface area contributed by atoms with Crippen LogP contribution < -0.4 is 0 Å². The Morgan fingerprint density at radius 1 is 1.33 bits per heavy atom. The van der Waals surface area contributed by atoms with E-state index in [2.05, 4.69) is 0 Å². The summed E-state index contributed by atoms with van der Waals surface area (Å²) in [6, 6.07) is -1.09. The van der Waals surface area contributed by atoms with Gasteiger partial charge in [0.05, 0.1) is 11.4 Å². The normalized spacial score (nSPS) is 33.1. The average Bonchev–Trinajstić information content (AvgIpc) is 2.89. The van der Waals surface area contributed by atoms with Crippen molar-refractivity contribution >= 4 is 16.0 Å². The third-order valence-corrected chi connectivity index (χ3v) is 5.16. The first-order valence-corrected chi connectivity index (χ1v) is 6.35. The molecule has 0 aromatic rings. The molecule has 1 aliphatic heterocycles. The number of carboxylic acids is 1. The highest BCUT2D eigenvalue weighted by atomic mass is 32.2. The van der Waals surface area contributed by atoms with E-state index in [1.54, 1.807) is 0 Å². The summed E-state index contributed by atoms with van der Waals surface area (Å²) >= 11 is 0. The molecule has 15 heavy (non-hydrogen) atoms. The van der Waals surface area contributed by atoms with Crippen LogP contribution in [0.4, 0.5) is 0 Å². The Hall–Kier alpha value is -0.660. The van der Waals surface area contributed by atoms with Crippen LogP contribution in [0.5, 0.6) is 0 Å². The minimum atomic E-state index is -3.50. The maximum atomic E-state index is 11.8. The summed E-state index contributed by atoms with van der Waals surface area (Å²) in [6.07, 6.45) is 0.323. The van der Waals surface area contributed by atoms with E-state index in [1.807, 2.05) is 0 Å². The quantitative estimate of drug-likeness (QED) is 0.654. The van der Waals surface area contributed by atoms with Crippen LogP contribution in [0.25, 0.3) is 0 Å². The number of aliphatic carboxylic acids is 1. The number of rotatable bonds is 3. The molecule has 2 fully saturated rings. The van der Waals surface area contributed by atoms with Gasteiger partial charge in [0.2, 0.25) is 10.0 Å². The molecular formula is C8H13NO5S. The third kappa shape index (κ3) is 1.86. The van der Waals surface area contributed by atoms with Crippen LogP contribution in [-0.4, -0.2) is 52.8 Å². The van der Waals surface area contributed by atoms with Crippen LogP contribution in [0, 0.1) is 0 Å². The van der Waals surface area contributed by atoms with Crippen LogP contribution >= 0.6 is 0 Å². The topological polar surface area (TPSA) is 94.9 Å². The highest BCUT2D eigenvalue weighted by molar-refractivity contribution is 7.90. The molecule has 1 saturated heterocycles. The summed E-state index contributed by atoms with van der Waals surface area (Å²) in [5, 5.41) is 17.7. The molecule has 0 bridgehead atoms. The summed E-state index contributed by atoms with van der Waals surface area (Å²) in [5.41, 5.74) is 0. The molecule has 0 radical (unpaired) electrons. The van der Waals surface area contributed by atoms with Crippen LogP contribution in [0.1, 0.15) is 19.3 Å². The highest BCUT2D eigenvalue weighted by Gasteiger charge is 2.48. The number of sulfonamides is 1. The summed E-state index contributed by atoms with van der Waals surface area (Å²) in [5.74, 6) is -1.18. The van der Waals surface area contributed by atoms with Gasteiger partial charge in [-0.25, -0.2) is 8.42 Å². The molecule has 1 saturated carbocycles. The van der Waals surface area contributed by atoms with Gasteiger partial charge in [-0.3, -0.25) is 4.79 Å². The molecule has 0 amide bonds. The Balaban J connectivity index is 2.23. The van der Waals surface area contributed by atoms with E-state index in [0.29, 0.717) is 12.8 Å². The first kappa shape index (κ1) is 10.8. The zero-order chi connectivity index (χ0) is 11.2. The molecule has 2 aliphatic rings. The highest BCUT2D eigenvalue weighted by Crippen LogP contribution is 2.34. The van der Waals surface area contributed by atoms with E-state index in [-0.39, 0.29) is 13.0 Å². The van der Waals surface area contributed by atoms with Crippen molar-refractivity contribution in [2.45, 2.75) is 36.7 Å². The Kier molecular flexibility index (Phi) is 2.48. The second kappa shape index (κ2) is 3.43. The van der Waals surface area contributed by atoms with Crippen LogP contribution in [0.3, 0.4) is 0 Å². The molecule has 0 aromatic heterocycles. The number of hydrogen-bond acceptors (Lipinski definition) is 4. The van der Waals surface area contributed by atoms with E-state index in [1.165, 1.54) is 0 Å². The molecule has 1 aliphatic carbocycles. The second-order valence-electron chi connectivity index (χ2n) is 4.06. The van der Waals surface area contributed by atoms with Crippen molar-refractivity contribution in [3.8, 4) is 0 Å². The predicted molar refractivity (Wildman–Crippen MR) is 50.7 cm³/mol. The molecule has 2 rings (SSSR count). The lowest BCUT2D eigenvalue weighted by molar-refractivity contribution is -0.140. The molecule has 2 atom stereocenters. The molecular weight excluding hydrogens is 222 g/mol. The Bertz CT molecular complexity index is 374. The van der Waals surface area contributed by atoms with Crippen molar-refractivity contribution < 1.29 is 23.4 Å². The van der Waals surface area contributed by atoms with Crippen molar-refractivity contribution in [3.05, 3.63) is 0 Å². The predicted octanol–water partition coefficient (Wildman–Crippen LogP) is -1.00. The summed E-state index contributed by atoms with van der Waals surface area (Å²) < 4.78 is 24.6. The number of carbonyl (C=O) groups is 1. The van der Waals surface area contributed by atoms with E-state index >= 15 is 0 Å². The Labute approximate surface area is 87.6 Å². The SMILES string of the molecule is O=C(O)[C@@H]1CC(O)CN1S(=O)(=O)C1CC1. The van der Waals surface area contributed by atoms with E-state index in [0.717, 1.165) is 4.31 Å². The maximum absolute atomic E-state index is 11.8. The lowest BCUT2D eigenvalue weighted by atomic mass is 10.2. The molecule has 86 valence electrons. The van der Waals surface area contributed by atoms with Gasteiger partial charge >= 0.3 is 5.97 Å². The average molecular weight is 235 g/mol. The van der Waals surface area contributed by atoms with Gasteiger partial charge in [-0.2, -0.15) is 4.31 Å². The molecule has 1 heterocycles. The Morgan fingerprint density at radius 2 is 1.93 bits per heavy atom. The summed E-state index contributed by atoms with van der Waals surface area (Å²) in [6.45, 7) is -0.0875. The fourth-order valence-corrected chi connectivity index (χ4v) is 3.87. The number of aliphatic hydroxyl groups is 1. The number of hydrogen-bond donors (Lipinski definition) is 2. The van der Waals surface area contributed by atoms with Crippen LogP contribution in [-0.2, 0) is 14.8 Å². The van der Waals surface area contributed by atoms with Crippen molar-refractivity contribution in [2.75, 3.05) is 6.54 Å². The van der Waals surface area contributed by atoms with Crippen molar-refractivity contribution in [3.63, 3.8) is 0 Å². The summed E-state index contributed by atoms with van der Waals surface area (Å²) in [4.78, 5) is 10.8. The first-order chi connectivity index (χ1) is 6.93. The van der Waals surface area contributed by atoms with Gasteiger partial charge in [0.15, 0.2) is 0 Å². The number of carboxylic acid groups (broad SMARTS) is 1. The van der Waals surface area contributed by atoms with Gasteiger partial charge in [-0.15, -0.1) is 0 Å². The fraction of sp³-hybridized carbons (Fsp3) is 0.875. The van der Waals surface area contributed by atoms with Crippen molar-refractivity contribution in [1.82, 2.24) is 4.31 Å². The maximum Gasteiger partial charge on any atom is 0.322 e. The smallest absolute Gasteiger partial charge is 0.322 e. The van der Waals surface area contributed by atoms with E-state index < -0.39 is 33.4 Å². The zero-order valence-electron chi connectivity index (χ0n) is 8.04.